The highest BCUT2D eigenvalue weighted by molar-refractivity contribution is 7.99. The van der Waals surface area contributed by atoms with E-state index in [1.165, 1.54) is 12.1 Å². The number of halogens is 1. The average Bonchev–Trinajstić information content (AvgIpc) is 2.14. The van der Waals surface area contributed by atoms with Crippen LogP contribution in [0, 0.1) is 15.9 Å². The van der Waals surface area contributed by atoms with Gasteiger partial charge in [0.25, 0.3) is 0 Å². The summed E-state index contributed by atoms with van der Waals surface area (Å²) in [5, 5.41) is 10.8. The van der Waals surface area contributed by atoms with Gasteiger partial charge in [-0.05, 0) is 16.9 Å². The summed E-state index contributed by atoms with van der Waals surface area (Å²) in [4.78, 5) is 9.65. The Morgan fingerprint density at radius 2 is 2.20 bits per heavy atom. The molecule has 1 aromatic carbocycles. The van der Waals surface area contributed by atoms with Gasteiger partial charge in [-0.1, -0.05) is 19.9 Å². The molecule has 0 aliphatic heterocycles. The summed E-state index contributed by atoms with van der Waals surface area (Å²) >= 11 is 1.67. The topological polar surface area (TPSA) is 43.1 Å². The van der Waals surface area contributed by atoms with Crippen molar-refractivity contribution >= 4 is 17.4 Å². The molecule has 0 saturated heterocycles. The third-order valence-electron chi connectivity index (χ3n) is 1.79. The lowest BCUT2D eigenvalue weighted by molar-refractivity contribution is -0.387. The summed E-state index contributed by atoms with van der Waals surface area (Å²) in [5.74, 6) is -0.0890. The first-order chi connectivity index (χ1) is 7.00. The maximum Gasteiger partial charge on any atom is 0.304 e. The predicted octanol–water partition coefficient (Wildman–Crippen LogP) is 3.38. The molecule has 5 heteroatoms. The van der Waals surface area contributed by atoms with Crippen molar-refractivity contribution in [3.05, 3.63) is 39.7 Å². The molecule has 0 aromatic heterocycles. The molecular formula is C10H12FNO2S. The molecule has 0 heterocycles. The van der Waals surface area contributed by atoms with Gasteiger partial charge in [-0.25, -0.2) is 0 Å². The molecule has 0 N–H and O–H groups in total. The van der Waals surface area contributed by atoms with E-state index < -0.39 is 16.4 Å². The molecule has 0 aliphatic carbocycles. The van der Waals surface area contributed by atoms with Crippen molar-refractivity contribution in [1.29, 1.82) is 0 Å². The summed E-state index contributed by atoms with van der Waals surface area (Å²) in [7, 11) is 0. The maximum atomic E-state index is 13.2. The molecular weight excluding hydrogens is 217 g/mol. The molecule has 0 bridgehead atoms. The van der Waals surface area contributed by atoms with Gasteiger partial charge in [-0.3, -0.25) is 10.1 Å². The fourth-order valence-corrected chi connectivity index (χ4v) is 1.76. The van der Waals surface area contributed by atoms with Crippen molar-refractivity contribution in [1.82, 2.24) is 0 Å². The van der Waals surface area contributed by atoms with Gasteiger partial charge in [0.1, 0.15) is 0 Å². The Morgan fingerprint density at radius 1 is 1.53 bits per heavy atom. The standard InChI is InChI=1S/C10H12FNO2S/c1-7(2)15-6-8-3-4-10(12(13)14)9(11)5-8/h3-5,7H,6H2,1-2H3. The zero-order chi connectivity index (χ0) is 11.4. The minimum absolute atomic E-state index is 0.461. The SMILES string of the molecule is CC(C)SCc1ccc([N+](=O)[O-])c(F)c1. The summed E-state index contributed by atoms with van der Waals surface area (Å²) in [6, 6.07) is 4.04. The van der Waals surface area contributed by atoms with Crippen molar-refractivity contribution < 1.29 is 9.31 Å². The van der Waals surface area contributed by atoms with Crippen molar-refractivity contribution in [2.75, 3.05) is 0 Å². The number of hydrogen-bond acceptors (Lipinski definition) is 3. The molecule has 0 saturated carbocycles. The van der Waals surface area contributed by atoms with Gasteiger partial charge in [-0.2, -0.15) is 16.2 Å². The molecule has 0 fully saturated rings. The Morgan fingerprint density at radius 3 is 2.67 bits per heavy atom. The van der Waals surface area contributed by atoms with E-state index in [2.05, 4.69) is 0 Å². The van der Waals surface area contributed by atoms with Crippen LogP contribution in [0.2, 0.25) is 0 Å². The number of nitrogens with zero attached hydrogens (tertiary/aromatic N) is 1. The van der Waals surface area contributed by atoms with Crippen molar-refractivity contribution in [3.63, 3.8) is 0 Å². The molecule has 82 valence electrons. The number of rotatable bonds is 4. The molecule has 0 radical (unpaired) electrons. The Hall–Kier alpha value is -1.10. The molecule has 0 spiro atoms. The molecule has 0 aliphatic rings. The number of hydrogen-bond donors (Lipinski definition) is 0. The quantitative estimate of drug-likeness (QED) is 0.587. The lowest BCUT2D eigenvalue weighted by atomic mass is 10.2. The molecule has 1 aromatic rings. The average molecular weight is 229 g/mol. The van der Waals surface area contributed by atoms with Gasteiger partial charge >= 0.3 is 5.69 Å². The normalized spacial score (nSPS) is 10.7. The van der Waals surface area contributed by atoms with Crippen molar-refractivity contribution in [3.8, 4) is 0 Å². The van der Waals surface area contributed by atoms with Gasteiger partial charge < -0.3 is 0 Å². The second-order valence-corrected chi connectivity index (χ2v) is 4.97. The molecule has 0 amide bonds. The Bertz CT molecular complexity index is 368. The van der Waals surface area contributed by atoms with Crippen LogP contribution in [-0.4, -0.2) is 10.2 Å². The van der Waals surface area contributed by atoms with Crippen LogP contribution in [0.3, 0.4) is 0 Å². The van der Waals surface area contributed by atoms with Crippen molar-refractivity contribution in [2.45, 2.75) is 24.9 Å². The number of benzene rings is 1. The number of nitro groups is 1. The van der Waals surface area contributed by atoms with Gasteiger partial charge in [0, 0.05) is 11.8 Å². The van der Waals surface area contributed by atoms with Crippen LogP contribution in [0.4, 0.5) is 10.1 Å². The fraction of sp³-hybridized carbons (Fsp3) is 0.400. The van der Waals surface area contributed by atoms with Gasteiger partial charge in [0.05, 0.1) is 4.92 Å². The highest BCUT2D eigenvalue weighted by Gasteiger charge is 2.13. The summed E-state index contributed by atoms with van der Waals surface area (Å²) in [5.41, 5.74) is 0.310. The smallest absolute Gasteiger partial charge is 0.258 e. The van der Waals surface area contributed by atoms with Crippen LogP contribution >= 0.6 is 11.8 Å². The van der Waals surface area contributed by atoms with E-state index in [1.54, 1.807) is 17.8 Å². The first kappa shape index (κ1) is 12.0. The molecule has 1 rings (SSSR count). The minimum Gasteiger partial charge on any atom is -0.258 e. The highest BCUT2D eigenvalue weighted by Crippen LogP contribution is 2.22. The van der Waals surface area contributed by atoms with E-state index >= 15 is 0 Å². The Labute approximate surface area is 91.8 Å². The third kappa shape index (κ3) is 3.51. The lowest BCUT2D eigenvalue weighted by Gasteiger charge is -2.04. The predicted molar refractivity (Wildman–Crippen MR) is 59.5 cm³/mol. The zero-order valence-electron chi connectivity index (χ0n) is 8.57. The first-order valence-electron chi connectivity index (χ1n) is 4.55. The monoisotopic (exact) mass is 229 g/mol. The maximum absolute atomic E-state index is 13.2. The summed E-state index contributed by atoms with van der Waals surface area (Å²) in [6.07, 6.45) is 0. The van der Waals surface area contributed by atoms with Crippen LogP contribution in [0.25, 0.3) is 0 Å². The number of thioether (sulfide) groups is 1. The lowest BCUT2D eigenvalue weighted by Crippen LogP contribution is -1.94. The van der Waals surface area contributed by atoms with E-state index in [9.17, 15) is 14.5 Å². The zero-order valence-corrected chi connectivity index (χ0v) is 9.38. The van der Waals surface area contributed by atoms with E-state index in [0.717, 1.165) is 5.56 Å². The molecule has 15 heavy (non-hydrogen) atoms. The molecule has 0 atom stereocenters. The second-order valence-electron chi connectivity index (χ2n) is 3.40. The van der Waals surface area contributed by atoms with Crippen LogP contribution in [0.15, 0.2) is 18.2 Å². The van der Waals surface area contributed by atoms with Crippen LogP contribution in [0.1, 0.15) is 19.4 Å². The second kappa shape index (κ2) is 5.11. The van der Waals surface area contributed by atoms with Crippen LogP contribution in [-0.2, 0) is 5.75 Å². The minimum atomic E-state index is -0.762. The van der Waals surface area contributed by atoms with E-state index in [4.69, 9.17) is 0 Å². The largest absolute Gasteiger partial charge is 0.304 e. The van der Waals surface area contributed by atoms with E-state index in [0.29, 0.717) is 11.0 Å². The van der Waals surface area contributed by atoms with Crippen molar-refractivity contribution in [2.24, 2.45) is 0 Å². The van der Waals surface area contributed by atoms with E-state index in [1.807, 2.05) is 13.8 Å². The third-order valence-corrected chi connectivity index (χ3v) is 2.96. The first-order valence-corrected chi connectivity index (χ1v) is 5.60. The fourth-order valence-electron chi connectivity index (χ4n) is 1.05. The Kier molecular flexibility index (Phi) is 4.08. The highest BCUT2D eigenvalue weighted by atomic mass is 32.2. The van der Waals surface area contributed by atoms with Gasteiger partial charge in [0.15, 0.2) is 0 Å². The van der Waals surface area contributed by atoms with E-state index in [-0.39, 0.29) is 0 Å². The van der Waals surface area contributed by atoms with Gasteiger partial charge in [-0.15, -0.1) is 0 Å². The van der Waals surface area contributed by atoms with Crippen LogP contribution in [0.5, 0.6) is 0 Å². The number of nitro benzene ring substituents is 1. The molecule has 3 nitrogen and oxygen atoms in total. The molecule has 0 unspecified atom stereocenters. The summed E-state index contributed by atoms with van der Waals surface area (Å²) < 4.78 is 13.2. The van der Waals surface area contributed by atoms with Crippen LogP contribution < -0.4 is 0 Å². The Balaban J connectivity index is 2.78. The summed E-state index contributed by atoms with van der Waals surface area (Å²) in [6.45, 7) is 4.10. The van der Waals surface area contributed by atoms with Gasteiger partial charge in [0.2, 0.25) is 5.82 Å².